The highest BCUT2D eigenvalue weighted by molar-refractivity contribution is 6.05. The highest BCUT2D eigenvalue weighted by atomic mass is 16.6. The van der Waals surface area contributed by atoms with Crippen molar-refractivity contribution in [2.45, 2.75) is 25.4 Å². The van der Waals surface area contributed by atoms with Crippen LogP contribution in [0.5, 0.6) is 0 Å². The van der Waals surface area contributed by atoms with E-state index in [0.29, 0.717) is 0 Å². The predicted octanol–water partition coefficient (Wildman–Crippen LogP) is 1.83. The summed E-state index contributed by atoms with van der Waals surface area (Å²) < 4.78 is 0. The fraction of sp³-hybridized carbons (Fsp3) is 0.385. The fourth-order valence-electron chi connectivity index (χ4n) is 2.66. The molecule has 0 fully saturated rings. The van der Waals surface area contributed by atoms with Crippen molar-refractivity contribution in [2.24, 2.45) is 11.1 Å². The van der Waals surface area contributed by atoms with E-state index in [2.05, 4.69) is 11.2 Å². The maximum atomic E-state index is 10.7. The first kappa shape index (κ1) is 10.3. The van der Waals surface area contributed by atoms with E-state index in [0.717, 1.165) is 24.1 Å². The maximum absolute atomic E-state index is 10.7. The van der Waals surface area contributed by atoms with Crippen LogP contribution in [0.4, 0.5) is 0 Å². The van der Waals surface area contributed by atoms with Gasteiger partial charge in [0.25, 0.3) is 0 Å². The lowest BCUT2D eigenvalue weighted by molar-refractivity contribution is -0.140. The molecule has 2 atom stereocenters. The summed E-state index contributed by atoms with van der Waals surface area (Å²) in [6.45, 7) is 0. The van der Waals surface area contributed by atoms with Gasteiger partial charge in [0.15, 0.2) is 0 Å². The van der Waals surface area contributed by atoms with E-state index in [1.54, 1.807) is 0 Å². The van der Waals surface area contributed by atoms with Crippen molar-refractivity contribution < 1.29 is 14.7 Å². The molecule has 1 heterocycles. The lowest BCUT2D eigenvalue weighted by Gasteiger charge is -2.23. The predicted molar refractivity (Wildman–Crippen MR) is 61.9 cm³/mol. The summed E-state index contributed by atoms with van der Waals surface area (Å²) in [6.07, 6.45) is 1.63. The Hall–Kier alpha value is -1.84. The Balaban J connectivity index is 1.90. The largest absolute Gasteiger partial charge is 0.481 e. The standard InChI is InChI=1S/C13H13NO3/c15-12(16)7-11-10-6-5-8-3-1-2-4-9(8)13(10)14-17-11/h1-4,10-11H,5-7H2,(H,15,16). The number of hydrogen-bond donors (Lipinski definition) is 1. The number of benzene rings is 1. The van der Waals surface area contributed by atoms with Crippen molar-refractivity contribution in [3.63, 3.8) is 0 Å². The molecule has 1 aliphatic carbocycles. The zero-order valence-electron chi connectivity index (χ0n) is 9.30. The quantitative estimate of drug-likeness (QED) is 0.844. The van der Waals surface area contributed by atoms with Crippen LogP contribution in [-0.2, 0) is 16.1 Å². The summed E-state index contributed by atoms with van der Waals surface area (Å²) >= 11 is 0. The summed E-state index contributed by atoms with van der Waals surface area (Å²) in [7, 11) is 0. The Morgan fingerprint density at radius 2 is 2.29 bits per heavy atom. The van der Waals surface area contributed by atoms with Crippen molar-refractivity contribution >= 4 is 11.7 Å². The van der Waals surface area contributed by atoms with E-state index in [4.69, 9.17) is 9.94 Å². The van der Waals surface area contributed by atoms with E-state index in [9.17, 15) is 4.79 Å². The lowest BCUT2D eigenvalue weighted by Crippen LogP contribution is -2.30. The van der Waals surface area contributed by atoms with Gasteiger partial charge < -0.3 is 9.94 Å². The molecule has 2 aliphatic rings. The van der Waals surface area contributed by atoms with Gasteiger partial charge in [0.1, 0.15) is 6.10 Å². The van der Waals surface area contributed by atoms with Crippen LogP contribution in [0, 0.1) is 5.92 Å². The van der Waals surface area contributed by atoms with Gasteiger partial charge in [-0.25, -0.2) is 0 Å². The molecule has 17 heavy (non-hydrogen) atoms. The first-order chi connectivity index (χ1) is 8.25. The highest BCUT2D eigenvalue weighted by Gasteiger charge is 2.39. The number of oxime groups is 1. The van der Waals surface area contributed by atoms with Crippen LogP contribution in [0.15, 0.2) is 29.4 Å². The smallest absolute Gasteiger partial charge is 0.307 e. The van der Waals surface area contributed by atoms with Crippen LogP contribution in [0.2, 0.25) is 0 Å². The molecule has 4 heteroatoms. The zero-order valence-corrected chi connectivity index (χ0v) is 9.30. The molecule has 0 saturated carbocycles. The van der Waals surface area contributed by atoms with E-state index < -0.39 is 5.97 Å². The van der Waals surface area contributed by atoms with E-state index in [1.165, 1.54) is 5.56 Å². The van der Waals surface area contributed by atoms with Crippen molar-refractivity contribution in [1.82, 2.24) is 0 Å². The van der Waals surface area contributed by atoms with Gasteiger partial charge in [0.05, 0.1) is 12.1 Å². The molecule has 2 unspecified atom stereocenters. The summed E-state index contributed by atoms with van der Waals surface area (Å²) in [5.74, 6) is -0.689. The Bertz CT molecular complexity index is 495. The van der Waals surface area contributed by atoms with Gasteiger partial charge >= 0.3 is 5.97 Å². The van der Waals surface area contributed by atoms with Gasteiger partial charge in [-0.15, -0.1) is 0 Å². The van der Waals surface area contributed by atoms with E-state index >= 15 is 0 Å². The first-order valence-electron chi connectivity index (χ1n) is 5.79. The Labute approximate surface area is 98.9 Å². The number of aryl methyl sites for hydroxylation is 1. The summed E-state index contributed by atoms with van der Waals surface area (Å²) in [4.78, 5) is 16.0. The molecular weight excluding hydrogens is 218 g/mol. The summed E-state index contributed by atoms with van der Waals surface area (Å²) in [6, 6.07) is 8.13. The molecule has 1 N–H and O–H groups in total. The molecule has 0 amide bonds. The van der Waals surface area contributed by atoms with Gasteiger partial charge in [-0.1, -0.05) is 29.4 Å². The molecule has 88 valence electrons. The minimum absolute atomic E-state index is 0.0276. The third-order valence-corrected chi connectivity index (χ3v) is 3.48. The van der Waals surface area contributed by atoms with E-state index in [1.807, 2.05) is 18.2 Å². The number of carboxylic acids is 1. The molecule has 0 saturated heterocycles. The first-order valence-corrected chi connectivity index (χ1v) is 5.79. The number of rotatable bonds is 2. The Kier molecular flexibility index (Phi) is 2.35. The second-order valence-electron chi connectivity index (χ2n) is 4.52. The number of hydrogen-bond acceptors (Lipinski definition) is 3. The molecule has 1 aromatic rings. The molecule has 4 nitrogen and oxygen atoms in total. The third kappa shape index (κ3) is 1.69. The normalized spacial score (nSPS) is 25.5. The number of fused-ring (bicyclic) bond motifs is 3. The minimum Gasteiger partial charge on any atom is -0.481 e. The second-order valence-corrected chi connectivity index (χ2v) is 4.52. The van der Waals surface area contributed by atoms with Crippen LogP contribution in [-0.4, -0.2) is 22.9 Å². The van der Waals surface area contributed by atoms with Crippen LogP contribution < -0.4 is 0 Å². The van der Waals surface area contributed by atoms with Crippen molar-refractivity contribution in [3.05, 3.63) is 35.4 Å². The van der Waals surface area contributed by atoms with Crippen LogP contribution >= 0.6 is 0 Å². The molecular formula is C13H13NO3. The maximum Gasteiger partial charge on any atom is 0.307 e. The Morgan fingerprint density at radius 3 is 3.12 bits per heavy atom. The molecule has 3 rings (SSSR count). The minimum atomic E-state index is -0.828. The van der Waals surface area contributed by atoms with Gasteiger partial charge in [0, 0.05) is 11.5 Å². The van der Waals surface area contributed by atoms with Crippen LogP contribution in [0.25, 0.3) is 0 Å². The second kappa shape index (κ2) is 3.87. The van der Waals surface area contributed by atoms with Crippen molar-refractivity contribution in [2.75, 3.05) is 0 Å². The van der Waals surface area contributed by atoms with Gasteiger partial charge in [-0.2, -0.15) is 0 Å². The number of nitrogens with zero attached hydrogens (tertiary/aromatic N) is 1. The average Bonchev–Trinajstić information content (AvgIpc) is 2.72. The Morgan fingerprint density at radius 1 is 1.47 bits per heavy atom. The van der Waals surface area contributed by atoms with Crippen LogP contribution in [0.3, 0.4) is 0 Å². The summed E-state index contributed by atoms with van der Waals surface area (Å²) in [5.41, 5.74) is 3.33. The highest BCUT2D eigenvalue weighted by Crippen LogP contribution is 2.34. The third-order valence-electron chi connectivity index (χ3n) is 3.48. The van der Waals surface area contributed by atoms with Crippen molar-refractivity contribution in [1.29, 1.82) is 0 Å². The monoisotopic (exact) mass is 231 g/mol. The SMILES string of the molecule is O=C(O)CC1ON=C2c3ccccc3CCC21. The van der Waals surface area contributed by atoms with Gasteiger partial charge in [0.2, 0.25) is 0 Å². The lowest BCUT2D eigenvalue weighted by atomic mass is 9.79. The van der Waals surface area contributed by atoms with E-state index in [-0.39, 0.29) is 18.4 Å². The zero-order chi connectivity index (χ0) is 11.8. The van der Waals surface area contributed by atoms with Crippen molar-refractivity contribution in [3.8, 4) is 0 Å². The fourth-order valence-corrected chi connectivity index (χ4v) is 2.66. The average molecular weight is 231 g/mol. The number of carboxylic acid groups (broad SMARTS) is 1. The molecule has 0 bridgehead atoms. The molecule has 1 aromatic carbocycles. The molecule has 0 aromatic heterocycles. The van der Waals surface area contributed by atoms with Crippen LogP contribution in [0.1, 0.15) is 24.0 Å². The number of carbonyl (C=O) groups is 1. The number of aliphatic carboxylic acids is 1. The summed E-state index contributed by atoms with van der Waals surface area (Å²) in [5, 5.41) is 12.9. The molecule has 1 aliphatic heterocycles. The van der Waals surface area contributed by atoms with Gasteiger partial charge in [-0.05, 0) is 18.4 Å². The molecule has 0 spiro atoms. The molecule has 0 radical (unpaired) electrons. The van der Waals surface area contributed by atoms with Gasteiger partial charge in [-0.3, -0.25) is 4.79 Å². The topological polar surface area (TPSA) is 58.9 Å².